The Balaban J connectivity index is 1.88. The van der Waals surface area contributed by atoms with Crippen molar-refractivity contribution < 1.29 is 4.74 Å². The maximum absolute atomic E-state index is 5.69. The van der Waals surface area contributed by atoms with Crippen molar-refractivity contribution >= 4 is 27.4 Å². The van der Waals surface area contributed by atoms with Crippen molar-refractivity contribution in [2.45, 2.75) is 46.1 Å². The van der Waals surface area contributed by atoms with Crippen molar-refractivity contribution in [2.75, 3.05) is 18.5 Å². The standard InChI is InChI=1S/C16H23N3OS/c1-10(2)7-12-9-21-16-14(12)15(18-11(3)19-16)17-8-13-5-4-6-20-13/h9-10,13H,4-8H2,1-3H3,(H,17,18,19). The molecule has 21 heavy (non-hydrogen) atoms. The fourth-order valence-corrected chi connectivity index (χ4v) is 3.84. The van der Waals surface area contributed by atoms with Gasteiger partial charge in [-0.25, -0.2) is 9.97 Å². The summed E-state index contributed by atoms with van der Waals surface area (Å²) in [6.45, 7) is 8.18. The molecule has 0 amide bonds. The average Bonchev–Trinajstić information content (AvgIpc) is 3.05. The monoisotopic (exact) mass is 305 g/mol. The van der Waals surface area contributed by atoms with Gasteiger partial charge < -0.3 is 10.1 Å². The highest BCUT2D eigenvalue weighted by Gasteiger charge is 2.18. The van der Waals surface area contributed by atoms with Crippen LogP contribution in [-0.2, 0) is 11.2 Å². The Labute approximate surface area is 129 Å². The molecule has 0 radical (unpaired) electrons. The zero-order valence-corrected chi connectivity index (χ0v) is 13.8. The number of thiophene rings is 1. The quantitative estimate of drug-likeness (QED) is 0.913. The number of hydrogen-bond donors (Lipinski definition) is 1. The molecule has 3 rings (SSSR count). The first kappa shape index (κ1) is 14.7. The highest BCUT2D eigenvalue weighted by atomic mass is 32.1. The molecule has 114 valence electrons. The molecule has 1 aliphatic rings. The van der Waals surface area contributed by atoms with Crippen molar-refractivity contribution in [1.29, 1.82) is 0 Å². The minimum absolute atomic E-state index is 0.322. The van der Waals surface area contributed by atoms with Crippen molar-refractivity contribution in [3.8, 4) is 0 Å². The molecule has 1 fully saturated rings. The number of fused-ring (bicyclic) bond motifs is 1. The van der Waals surface area contributed by atoms with Gasteiger partial charge in [0.2, 0.25) is 0 Å². The summed E-state index contributed by atoms with van der Waals surface area (Å²) in [6, 6.07) is 0. The van der Waals surface area contributed by atoms with Gasteiger partial charge in [-0.15, -0.1) is 11.3 Å². The Bertz CT molecular complexity index is 617. The molecule has 1 atom stereocenters. The van der Waals surface area contributed by atoms with Crippen molar-refractivity contribution in [2.24, 2.45) is 5.92 Å². The van der Waals surface area contributed by atoms with E-state index in [1.165, 1.54) is 17.4 Å². The van der Waals surface area contributed by atoms with Gasteiger partial charge >= 0.3 is 0 Å². The highest BCUT2D eigenvalue weighted by Crippen LogP contribution is 2.31. The molecule has 0 bridgehead atoms. The fourth-order valence-electron chi connectivity index (χ4n) is 2.84. The molecule has 5 heteroatoms. The summed E-state index contributed by atoms with van der Waals surface area (Å²) in [5.41, 5.74) is 1.36. The molecule has 3 heterocycles. The first-order valence-electron chi connectivity index (χ1n) is 7.73. The van der Waals surface area contributed by atoms with Gasteiger partial charge in [-0.1, -0.05) is 13.8 Å². The Morgan fingerprint density at radius 3 is 3.00 bits per heavy atom. The van der Waals surface area contributed by atoms with E-state index in [2.05, 4.69) is 34.5 Å². The van der Waals surface area contributed by atoms with E-state index in [-0.39, 0.29) is 0 Å². The van der Waals surface area contributed by atoms with Crippen LogP contribution in [0.3, 0.4) is 0 Å². The highest BCUT2D eigenvalue weighted by molar-refractivity contribution is 7.17. The summed E-state index contributed by atoms with van der Waals surface area (Å²) in [5, 5.41) is 6.94. The van der Waals surface area contributed by atoms with Crippen LogP contribution in [0.2, 0.25) is 0 Å². The molecule has 2 aromatic heterocycles. The fraction of sp³-hybridized carbons (Fsp3) is 0.625. The van der Waals surface area contributed by atoms with Crippen molar-refractivity contribution in [3.05, 3.63) is 16.8 Å². The van der Waals surface area contributed by atoms with Crippen molar-refractivity contribution in [1.82, 2.24) is 9.97 Å². The lowest BCUT2D eigenvalue weighted by molar-refractivity contribution is 0.120. The van der Waals surface area contributed by atoms with Crippen LogP contribution in [0, 0.1) is 12.8 Å². The van der Waals surface area contributed by atoms with Crippen LogP contribution in [0.25, 0.3) is 10.2 Å². The third-order valence-electron chi connectivity index (χ3n) is 3.77. The maximum Gasteiger partial charge on any atom is 0.138 e. The van der Waals surface area contributed by atoms with E-state index < -0.39 is 0 Å². The van der Waals surface area contributed by atoms with Gasteiger partial charge in [-0.05, 0) is 43.0 Å². The van der Waals surface area contributed by atoms with Crippen molar-refractivity contribution in [3.63, 3.8) is 0 Å². The largest absolute Gasteiger partial charge is 0.376 e. The molecule has 4 nitrogen and oxygen atoms in total. The summed E-state index contributed by atoms with van der Waals surface area (Å²) in [4.78, 5) is 10.3. The zero-order valence-electron chi connectivity index (χ0n) is 13.0. The number of nitrogens with zero attached hydrogens (tertiary/aromatic N) is 2. The Kier molecular flexibility index (Phi) is 4.40. The number of anilines is 1. The molecule has 1 N–H and O–H groups in total. The van der Waals surface area contributed by atoms with Crippen LogP contribution in [0.5, 0.6) is 0 Å². The lowest BCUT2D eigenvalue weighted by atomic mass is 10.0. The molecule has 0 saturated carbocycles. The van der Waals surface area contributed by atoms with E-state index in [0.29, 0.717) is 12.0 Å². The smallest absolute Gasteiger partial charge is 0.138 e. The van der Waals surface area contributed by atoms with Gasteiger partial charge in [-0.2, -0.15) is 0 Å². The molecule has 0 aromatic carbocycles. The number of ether oxygens (including phenoxy) is 1. The number of rotatable bonds is 5. The average molecular weight is 305 g/mol. The molecular formula is C16H23N3OS. The summed E-state index contributed by atoms with van der Waals surface area (Å²) in [5.74, 6) is 2.44. The van der Waals surface area contributed by atoms with E-state index in [4.69, 9.17) is 4.74 Å². The lowest BCUT2D eigenvalue weighted by Crippen LogP contribution is -2.19. The van der Waals surface area contributed by atoms with Gasteiger partial charge in [0.05, 0.1) is 11.5 Å². The van der Waals surface area contributed by atoms with E-state index in [1.54, 1.807) is 11.3 Å². The minimum Gasteiger partial charge on any atom is -0.376 e. The minimum atomic E-state index is 0.322. The molecule has 1 saturated heterocycles. The Hall–Kier alpha value is -1.20. The van der Waals surface area contributed by atoms with Crippen LogP contribution in [-0.4, -0.2) is 29.2 Å². The first-order chi connectivity index (χ1) is 10.1. The Morgan fingerprint density at radius 1 is 1.43 bits per heavy atom. The van der Waals surface area contributed by atoms with Crippen LogP contribution in [0.15, 0.2) is 5.38 Å². The van der Waals surface area contributed by atoms with Gasteiger partial charge in [0.1, 0.15) is 16.5 Å². The SMILES string of the molecule is Cc1nc(NCC2CCCO2)c2c(CC(C)C)csc2n1. The number of nitrogens with one attached hydrogen (secondary N) is 1. The van der Waals surface area contributed by atoms with Gasteiger partial charge in [0, 0.05) is 13.2 Å². The van der Waals surface area contributed by atoms with E-state index in [0.717, 1.165) is 42.5 Å². The van der Waals surface area contributed by atoms with E-state index in [1.807, 2.05) is 6.92 Å². The second kappa shape index (κ2) is 6.28. The predicted octanol–water partition coefficient (Wildman–Crippen LogP) is 3.79. The summed E-state index contributed by atoms with van der Waals surface area (Å²) < 4.78 is 5.69. The van der Waals surface area contributed by atoms with E-state index in [9.17, 15) is 0 Å². The van der Waals surface area contributed by atoms with Gasteiger partial charge in [0.25, 0.3) is 0 Å². The maximum atomic E-state index is 5.69. The zero-order chi connectivity index (χ0) is 14.8. The number of aryl methyl sites for hydroxylation is 1. The Morgan fingerprint density at radius 2 is 2.29 bits per heavy atom. The second-order valence-electron chi connectivity index (χ2n) is 6.17. The predicted molar refractivity (Wildman–Crippen MR) is 88.2 cm³/mol. The van der Waals surface area contributed by atoms with Gasteiger partial charge in [0.15, 0.2) is 0 Å². The van der Waals surface area contributed by atoms with Crippen LogP contribution < -0.4 is 5.32 Å². The number of aromatic nitrogens is 2. The second-order valence-corrected chi connectivity index (χ2v) is 7.03. The molecule has 0 spiro atoms. The summed E-state index contributed by atoms with van der Waals surface area (Å²) in [6.07, 6.45) is 3.70. The van der Waals surface area contributed by atoms with Crippen LogP contribution in [0.1, 0.15) is 38.1 Å². The van der Waals surface area contributed by atoms with Crippen LogP contribution in [0.4, 0.5) is 5.82 Å². The first-order valence-corrected chi connectivity index (χ1v) is 8.61. The van der Waals surface area contributed by atoms with Gasteiger partial charge in [-0.3, -0.25) is 0 Å². The van der Waals surface area contributed by atoms with E-state index >= 15 is 0 Å². The lowest BCUT2D eigenvalue weighted by Gasteiger charge is -2.13. The number of hydrogen-bond acceptors (Lipinski definition) is 5. The summed E-state index contributed by atoms with van der Waals surface area (Å²) in [7, 11) is 0. The molecule has 1 unspecified atom stereocenters. The molecule has 0 aliphatic carbocycles. The van der Waals surface area contributed by atoms with Crippen LogP contribution >= 0.6 is 11.3 Å². The topological polar surface area (TPSA) is 47.0 Å². The normalized spacial score (nSPS) is 18.8. The third-order valence-corrected chi connectivity index (χ3v) is 4.69. The summed E-state index contributed by atoms with van der Waals surface area (Å²) >= 11 is 1.72. The molecule has 1 aliphatic heterocycles. The molecule has 2 aromatic rings. The molecular weight excluding hydrogens is 282 g/mol. The third kappa shape index (κ3) is 3.35.